The molecule has 1 aliphatic heterocycles. The molecule has 0 aliphatic carbocycles. The predicted molar refractivity (Wildman–Crippen MR) is 113 cm³/mol. The van der Waals surface area contributed by atoms with Crippen molar-refractivity contribution < 1.29 is 33.2 Å². The Bertz CT molecular complexity index is 1160. The molecule has 1 saturated heterocycles. The molecule has 2 heterocycles. The molecule has 0 bridgehead atoms. The number of hydrogen-bond donors (Lipinski definition) is 1. The molecule has 8 heteroatoms. The van der Waals surface area contributed by atoms with Crippen LogP contribution in [0.15, 0.2) is 45.6 Å². The van der Waals surface area contributed by atoms with Gasteiger partial charge in [0.2, 0.25) is 0 Å². The van der Waals surface area contributed by atoms with Crippen molar-refractivity contribution in [2.75, 3.05) is 27.4 Å². The molecule has 0 amide bonds. The van der Waals surface area contributed by atoms with Gasteiger partial charge in [-0.2, -0.15) is 0 Å². The first kappa shape index (κ1) is 21.0. The number of ether oxygens (including phenoxy) is 5. The van der Waals surface area contributed by atoms with Gasteiger partial charge in [0, 0.05) is 23.8 Å². The number of phenolic OH excluding ortho intramolecular Hbond substituents is 1. The minimum Gasteiger partial charge on any atom is -0.507 e. The zero-order chi connectivity index (χ0) is 22.2. The summed E-state index contributed by atoms with van der Waals surface area (Å²) in [6.07, 6.45) is -0.238. The van der Waals surface area contributed by atoms with Gasteiger partial charge >= 0.3 is 0 Å². The van der Waals surface area contributed by atoms with E-state index >= 15 is 0 Å². The predicted octanol–water partition coefficient (Wildman–Crippen LogP) is 3.71. The lowest BCUT2D eigenvalue weighted by Crippen LogP contribution is -2.25. The van der Waals surface area contributed by atoms with Gasteiger partial charge in [-0.05, 0) is 32.0 Å². The summed E-state index contributed by atoms with van der Waals surface area (Å²) in [5.74, 6) is 0.869. The molecule has 1 unspecified atom stereocenters. The fourth-order valence-electron chi connectivity index (χ4n) is 3.49. The number of methoxy groups -OCH3 is 2. The third-order valence-electron chi connectivity index (χ3n) is 4.95. The smallest absolute Gasteiger partial charge is 0.197 e. The normalized spacial score (nSPS) is 17.6. The molecular formula is C23H24O8. The van der Waals surface area contributed by atoms with Crippen LogP contribution in [0.2, 0.25) is 0 Å². The Hall–Kier alpha value is -3.23. The Morgan fingerprint density at radius 3 is 2.55 bits per heavy atom. The van der Waals surface area contributed by atoms with Crippen LogP contribution in [0, 0.1) is 0 Å². The topological polar surface area (TPSA) is 96.6 Å². The molecule has 4 rings (SSSR count). The zero-order valence-corrected chi connectivity index (χ0v) is 17.8. The van der Waals surface area contributed by atoms with E-state index in [1.807, 2.05) is 13.8 Å². The van der Waals surface area contributed by atoms with Crippen molar-refractivity contribution in [3.05, 3.63) is 46.6 Å². The van der Waals surface area contributed by atoms with Crippen LogP contribution < -0.4 is 19.6 Å². The zero-order valence-electron chi connectivity index (χ0n) is 17.8. The molecule has 8 nitrogen and oxygen atoms in total. The molecule has 3 aromatic rings. The van der Waals surface area contributed by atoms with Gasteiger partial charge in [-0.25, -0.2) is 0 Å². The van der Waals surface area contributed by atoms with Crippen LogP contribution in [-0.4, -0.2) is 44.4 Å². The van der Waals surface area contributed by atoms with E-state index in [-0.39, 0.29) is 34.9 Å². The summed E-state index contributed by atoms with van der Waals surface area (Å²) in [5.41, 5.74) is 0.460. The van der Waals surface area contributed by atoms with E-state index in [4.69, 9.17) is 28.1 Å². The number of phenols is 1. The Labute approximate surface area is 178 Å². The van der Waals surface area contributed by atoms with Crippen LogP contribution in [0.1, 0.15) is 13.8 Å². The molecule has 1 aromatic heterocycles. The molecule has 164 valence electrons. The largest absolute Gasteiger partial charge is 0.507 e. The third kappa shape index (κ3) is 4.30. The maximum absolute atomic E-state index is 12.7. The van der Waals surface area contributed by atoms with Crippen molar-refractivity contribution in [1.82, 2.24) is 0 Å². The van der Waals surface area contributed by atoms with E-state index < -0.39 is 5.79 Å². The highest BCUT2D eigenvalue weighted by Gasteiger charge is 2.33. The highest BCUT2D eigenvalue weighted by atomic mass is 16.7. The van der Waals surface area contributed by atoms with Crippen molar-refractivity contribution >= 4 is 11.0 Å². The van der Waals surface area contributed by atoms with Crippen LogP contribution in [-0.2, 0) is 9.47 Å². The minimum absolute atomic E-state index is 0.0816. The van der Waals surface area contributed by atoms with Crippen LogP contribution in [0.3, 0.4) is 0 Å². The summed E-state index contributed by atoms with van der Waals surface area (Å²) in [6.45, 7) is 4.30. The first-order chi connectivity index (χ1) is 14.8. The van der Waals surface area contributed by atoms with Crippen molar-refractivity contribution in [3.8, 4) is 34.3 Å². The van der Waals surface area contributed by atoms with Gasteiger partial charge in [0.25, 0.3) is 0 Å². The van der Waals surface area contributed by atoms with Crippen molar-refractivity contribution in [2.45, 2.75) is 25.7 Å². The molecule has 0 radical (unpaired) electrons. The SMILES string of the molecule is COc1ccc(-c2cc(=O)c3c(O)cc(OCC4COC(C)(C)O4)cc3o2)cc1OC. The van der Waals surface area contributed by atoms with Gasteiger partial charge in [0.15, 0.2) is 22.7 Å². The van der Waals surface area contributed by atoms with Crippen molar-refractivity contribution in [2.24, 2.45) is 0 Å². The first-order valence-corrected chi connectivity index (χ1v) is 9.77. The number of rotatable bonds is 6. The standard InChI is InChI=1S/C23H24O8/c1-23(2)29-12-15(31-23)11-28-14-8-16(24)22-17(25)10-19(30-21(22)9-14)13-5-6-18(26-3)20(7-13)27-4/h5-10,15,24H,11-12H2,1-4H3. The molecule has 1 aliphatic rings. The average Bonchev–Trinajstić information content (AvgIpc) is 3.09. The monoisotopic (exact) mass is 428 g/mol. The van der Waals surface area contributed by atoms with E-state index in [9.17, 15) is 9.90 Å². The number of fused-ring (bicyclic) bond motifs is 1. The van der Waals surface area contributed by atoms with Gasteiger partial charge < -0.3 is 33.2 Å². The lowest BCUT2D eigenvalue weighted by molar-refractivity contribution is -0.141. The van der Waals surface area contributed by atoms with E-state index in [1.54, 1.807) is 31.4 Å². The van der Waals surface area contributed by atoms with Gasteiger partial charge in [-0.1, -0.05) is 0 Å². The van der Waals surface area contributed by atoms with E-state index in [1.165, 1.54) is 19.2 Å². The molecule has 0 saturated carbocycles. The first-order valence-electron chi connectivity index (χ1n) is 9.77. The van der Waals surface area contributed by atoms with E-state index in [0.29, 0.717) is 35.2 Å². The fraction of sp³-hybridized carbons (Fsp3) is 0.348. The Balaban J connectivity index is 1.66. The summed E-state index contributed by atoms with van der Waals surface area (Å²) in [7, 11) is 3.07. The quantitative estimate of drug-likeness (QED) is 0.635. The van der Waals surface area contributed by atoms with Gasteiger partial charge in [-0.3, -0.25) is 4.79 Å². The van der Waals surface area contributed by atoms with Crippen LogP contribution in [0.4, 0.5) is 0 Å². The Morgan fingerprint density at radius 1 is 1.10 bits per heavy atom. The highest BCUT2D eigenvalue weighted by Crippen LogP contribution is 2.35. The lowest BCUT2D eigenvalue weighted by Gasteiger charge is -2.17. The summed E-state index contributed by atoms with van der Waals surface area (Å²) in [4.78, 5) is 12.7. The van der Waals surface area contributed by atoms with E-state index in [2.05, 4.69) is 0 Å². The molecule has 1 N–H and O–H groups in total. The summed E-state index contributed by atoms with van der Waals surface area (Å²) >= 11 is 0. The Kier molecular flexibility index (Phi) is 5.51. The summed E-state index contributed by atoms with van der Waals surface area (Å²) < 4.78 is 33.5. The molecule has 2 aromatic carbocycles. The number of hydrogen-bond acceptors (Lipinski definition) is 8. The van der Waals surface area contributed by atoms with Gasteiger partial charge in [0.05, 0.1) is 20.8 Å². The van der Waals surface area contributed by atoms with Crippen LogP contribution in [0.5, 0.6) is 23.0 Å². The van der Waals surface area contributed by atoms with E-state index in [0.717, 1.165) is 0 Å². The fourth-order valence-corrected chi connectivity index (χ4v) is 3.49. The maximum atomic E-state index is 12.7. The van der Waals surface area contributed by atoms with Crippen LogP contribution in [0.25, 0.3) is 22.3 Å². The number of aromatic hydroxyl groups is 1. The van der Waals surface area contributed by atoms with Crippen molar-refractivity contribution in [3.63, 3.8) is 0 Å². The minimum atomic E-state index is -0.652. The van der Waals surface area contributed by atoms with Gasteiger partial charge in [-0.15, -0.1) is 0 Å². The second-order valence-corrected chi connectivity index (χ2v) is 7.62. The van der Waals surface area contributed by atoms with Crippen molar-refractivity contribution in [1.29, 1.82) is 0 Å². The second-order valence-electron chi connectivity index (χ2n) is 7.62. The highest BCUT2D eigenvalue weighted by molar-refractivity contribution is 5.86. The molecule has 1 fully saturated rings. The molecular weight excluding hydrogens is 404 g/mol. The second kappa shape index (κ2) is 8.13. The summed E-state index contributed by atoms with van der Waals surface area (Å²) in [5, 5.41) is 10.5. The molecule has 0 spiro atoms. The summed E-state index contributed by atoms with van der Waals surface area (Å²) in [6, 6.07) is 9.47. The van der Waals surface area contributed by atoms with Crippen LogP contribution >= 0.6 is 0 Å². The molecule has 1 atom stereocenters. The lowest BCUT2D eigenvalue weighted by atomic mass is 10.1. The van der Waals surface area contributed by atoms with Gasteiger partial charge in [0.1, 0.15) is 40.9 Å². The maximum Gasteiger partial charge on any atom is 0.197 e. The Morgan fingerprint density at radius 2 is 1.87 bits per heavy atom. The molecule has 31 heavy (non-hydrogen) atoms. The average molecular weight is 428 g/mol. The third-order valence-corrected chi connectivity index (χ3v) is 4.95. The number of benzene rings is 2.